The molecule has 0 aliphatic carbocycles. The fourth-order valence-electron chi connectivity index (χ4n) is 2.81. The molecule has 0 radical (unpaired) electrons. The van der Waals surface area contributed by atoms with Gasteiger partial charge in [0.1, 0.15) is 12.0 Å². The molecular weight excluding hydrogens is 276 g/mol. The minimum Gasteiger partial charge on any atom is -0.462 e. The third kappa shape index (κ3) is 5.80. The zero-order valence-electron chi connectivity index (χ0n) is 14.1. The average molecular weight is 306 g/mol. The van der Waals surface area contributed by atoms with Gasteiger partial charge in [0.25, 0.3) is 0 Å². The number of hydrogen-bond donors (Lipinski definition) is 1. The van der Waals surface area contributed by atoms with Crippen molar-refractivity contribution in [3.05, 3.63) is 35.9 Å². The molecule has 0 aliphatic rings. The third-order valence-corrected chi connectivity index (χ3v) is 4.28. The maximum Gasteiger partial charge on any atom is 0.316 e. The third-order valence-electron chi connectivity index (χ3n) is 4.28. The van der Waals surface area contributed by atoms with Crippen molar-refractivity contribution in [1.29, 1.82) is 0 Å². The predicted octanol–water partition coefficient (Wildman–Crippen LogP) is 4.30. The van der Waals surface area contributed by atoms with Crippen LogP contribution in [0.2, 0.25) is 0 Å². The van der Waals surface area contributed by atoms with Gasteiger partial charge >= 0.3 is 5.97 Å². The lowest BCUT2D eigenvalue weighted by Crippen LogP contribution is -2.26. The molecule has 0 saturated carbocycles. The zero-order chi connectivity index (χ0) is 16.4. The van der Waals surface area contributed by atoms with Crippen LogP contribution in [0.15, 0.2) is 30.3 Å². The molecule has 3 nitrogen and oxygen atoms in total. The normalized spacial score (nSPS) is 15.1. The second-order valence-corrected chi connectivity index (χ2v) is 5.91. The van der Waals surface area contributed by atoms with Gasteiger partial charge in [0.05, 0.1) is 6.61 Å². The van der Waals surface area contributed by atoms with Crippen LogP contribution in [0.5, 0.6) is 0 Å². The van der Waals surface area contributed by atoms with Crippen LogP contribution in [0.4, 0.5) is 0 Å². The summed E-state index contributed by atoms with van der Waals surface area (Å²) >= 11 is 0. The van der Waals surface area contributed by atoms with Crippen molar-refractivity contribution in [2.75, 3.05) is 6.61 Å². The summed E-state index contributed by atoms with van der Waals surface area (Å²) in [5.41, 5.74) is 0.811. The van der Waals surface area contributed by atoms with Crippen LogP contribution in [-0.2, 0) is 9.53 Å². The van der Waals surface area contributed by atoms with E-state index in [9.17, 15) is 9.90 Å². The van der Waals surface area contributed by atoms with Crippen molar-refractivity contribution in [1.82, 2.24) is 0 Å². The number of carbonyl (C=O) groups excluding carboxylic acids is 1. The van der Waals surface area contributed by atoms with Crippen LogP contribution in [0.1, 0.15) is 64.4 Å². The smallest absolute Gasteiger partial charge is 0.316 e. The first-order valence-corrected chi connectivity index (χ1v) is 8.52. The van der Waals surface area contributed by atoms with E-state index in [-0.39, 0.29) is 18.7 Å². The number of benzene rings is 1. The van der Waals surface area contributed by atoms with Gasteiger partial charge in [-0.1, -0.05) is 70.4 Å². The minimum atomic E-state index is -0.582. The highest BCUT2D eigenvalue weighted by atomic mass is 16.5. The molecule has 1 rings (SSSR count). The molecule has 1 aromatic rings. The van der Waals surface area contributed by atoms with Crippen molar-refractivity contribution in [2.45, 2.75) is 64.9 Å². The monoisotopic (exact) mass is 306 g/mol. The second kappa shape index (κ2) is 10.4. The van der Waals surface area contributed by atoms with Gasteiger partial charge in [0.15, 0.2) is 0 Å². The van der Waals surface area contributed by atoms with Crippen molar-refractivity contribution in [2.24, 2.45) is 5.92 Å². The molecular formula is C19H30O3. The highest BCUT2D eigenvalue weighted by molar-refractivity contribution is 5.78. The number of esters is 1. The molecule has 1 unspecified atom stereocenters. The lowest BCUT2D eigenvalue weighted by molar-refractivity contribution is -0.153. The second-order valence-electron chi connectivity index (χ2n) is 5.91. The van der Waals surface area contributed by atoms with Crippen molar-refractivity contribution < 1.29 is 14.6 Å². The Morgan fingerprint density at radius 3 is 2.32 bits per heavy atom. The van der Waals surface area contributed by atoms with Crippen molar-refractivity contribution in [3.63, 3.8) is 0 Å². The first kappa shape index (κ1) is 18.7. The average Bonchev–Trinajstić information content (AvgIpc) is 2.55. The predicted molar refractivity (Wildman–Crippen MR) is 89.7 cm³/mol. The topological polar surface area (TPSA) is 46.5 Å². The van der Waals surface area contributed by atoms with Crippen LogP contribution in [0, 0.1) is 5.92 Å². The molecule has 0 heterocycles. The first-order chi connectivity index (χ1) is 10.7. The van der Waals surface area contributed by atoms with E-state index in [0.29, 0.717) is 5.92 Å². The number of hydrogen-bond acceptors (Lipinski definition) is 3. The zero-order valence-corrected chi connectivity index (χ0v) is 14.1. The Morgan fingerprint density at radius 2 is 1.82 bits per heavy atom. The highest BCUT2D eigenvalue weighted by Crippen LogP contribution is 2.23. The molecule has 0 aliphatic heterocycles. The molecule has 124 valence electrons. The van der Waals surface area contributed by atoms with E-state index in [2.05, 4.69) is 13.8 Å². The summed E-state index contributed by atoms with van der Waals surface area (Å²) < 4.78 is 5.69. The van der Waals surface area contributed by atoms with E-state index in [0.717, 1.165) is 31.2 Å². The molecule has 3 atom stereocenters. The van der Waals surface area contributed by atoms with Crippen LogP contribution < -0.4 is 0 Å². The van der Waals surface area contributed by atoms with Gasteiger partial charge in [-0.25, -0.2) is 0 Å². The van der Waals surface area contributed by atoms with Crippen molar-refractivity contribution >= 4 is 5.97 Å². The van der Waals surface area contributed by atoms with Gasteiger partial charge in [-0.05, 0) is 24.3 Å². The Bertz CT molecular complexity index is 416. The number of aliphatic hydroxyl groups excluding tert-OH is 1. The Labute approximate surface area is 134 Å². The highest BCUT2D eigenvalue weighted by Gasteiger charge is 2.25. The molecule has 0 bridgehead atoms. The Balaban J connectivity index is 2.66. The van der Waals surface area contributed by atoms with Gasteiger partial charge < -0.3 is 9.84 Å². The standard InChI is InChI=1S/C19H30O3/c1-4-10-15(5-2)13-17(6-3)22-19(21)18(14-20)16-11-8-7-9-12-16/h7-9,11-12,15,17-18,20H,4-6,10,13-14H2,1-3H3/t15-,17+,18?/m1/s1. The van der Waals surface area contributed by atoms with Gasteiger partial charge in [0, 0.05) is 0 Å². The van der Waals surface area contributed by atoms with Crippen LogP contribution in [-0.4, -0.2) is 23.8 Å². The van der Waals surface area contributed by atoms with Gasteiger partial charge in [0.2, 0.25) is 0 Å². The van der Waals surface area contributed by atoms with Gasteiger partial charge in [-0.15, -0.1) is 0 Å². The van der Waals surface area contributed by atoms with Crippen LogP contribution in [0.25, 0.3) is 0 Å². The summed E-state index contributed by atoms with van der Waals surface area (Å²) in [5, 5.41) is 9.55. The summed E-state index contributed by atoms with van der Waals surface area (Å²) in [6.45, 7) is 6.21. The summed E-state index contributed by atoms with van der Waals surface area (Å²) in [7, 11) is 0. The van der Waals surface area contributed by atoms with E-state index in [1.54, 1.807) is 0 Å². The number of ether oxygens (including phenoxy) is 1. The molecule has 1 aromatic carbocycles. The fourth-order valence-corrected chi connectivity index (χ4v) is 2.81. The summed E-state index contributed by atoms with van der Waals surface area (Å²) in [4.78, 5) is 12.4. The van der Waals surface area contributed by atoms with E-state index in [1.807, 2.05) is 37.3 Å². The molecule has 0 amide bonds. The molecule has 0 saturated heterocycles. The van der Waals surface area contributed by atoms with E-state index < -0.39 is 5.92 Å². The maximum atomic E-state index is 12.4. The molecule has 0 fully saturated rings. The molecule has 1 N–H and O–H groups in total. The number of aliphatic hydroxyl groups is 1. The minimum absolute atomic E-state index is 0.0539. The number of carbonyl (C=O) groups is 1. The van der Waals surface area contributed by atoms with E-state index in [1.165, 1.54) is 6.42 Å². The largest absolute Gasteiger partial charge is 0.462 e. The summed E-state index contributed by atoms with van der Waals surface area (Å²) in [6.07, 6.45) is 5.13. The number of rotatable bonds is 10. The lowest BCUT2D eigenvalue weighted by Gasteiger charge is -2.24. The van der Waals surface area contributed by atoms with Gasteiger partial charge in [-0.2, -0.15) is 0 Å². The van der Waals surface area contributed by atoms with Crippen LogP contribution >= 0.6 is 0 Å². The summed E-state index contributed by atoms with van der Waals surface area (Å²) in [6, 6.07) is 9.35. The molecule has 22 heavy (non-hydrogen) atoms. The quantitative estimate of drug-likeness (QED) is 0.656. The Kier molecular flexibility index (Phi) is 8.83. The summed E-state index contributed by atoms with van der Waals surface area (Å²) in [5.74, 6) is -0.291. The molecule has 0 aromatic heterocycles. The van der Waals surface area contributed by atoms with E-state index >= 15 is 0 Å². The van der Waals surface area contributed by atoms with Gasteiger partial charge in [-0.3, -0.25) is 4.79 Å². The Hall–Kier alpha value is -1.35. The molecule has 3 heteroatoms. The molecule has 0 spiro atoms. The first-order valence-electron chi connectivity index (χ1n) is 8.52. The lowest BCUT2D eigenvalue weighted by atomic mass is 9.93. The fraction of sp³-hybridized carbons (Fsp3) is 0.632. The Morgan fingerprint density at radius 1 is 1.14 bits per heavy atom. The van der Waals surface area contributed by atoms with E-state index in [4.69, 9.17) is 4.74 Å². The maximum absolute atomic E-state index is 12.4. The SMILES string of the molecule is CCC[C@@H](CC)C[C@H](CC)OC(=O)C(CO)c1ccccc1. The van der Waals surface area contributed by atoms with Crippen LogP contribution in [0.3, 0.4) is 0 Å². The van der Waals surface area contributed by atoms with Crippen molar-refractivity contribution in [3.8, 4) is 0 Å².